The lowest BCUT2D eigenvalue weighted by Gasteiger charge is -2.17. The van der Waals surface area contributed by atoms with E-state index in [1.54, 1.807) is 0 Å². The highest BCUT2D eigenvalue weighted by atomic mass is 16.5. The summed E-state index contributed by atoms with van der Waals surface area (Å²) in [6, 6.07) is 0.532. The van der Waals surface area contributed by atoms with Crippen LogP contribution in [0.25, 0.3) is 0 Å². The molecule has 3 atom stereocenters. The molecule has 2 heterocycles. The molecule has 0 aromatic heterocycles. The van der Waals surface area contributed by atoms with E-state index < -0.39 is 0 Å². The first kappa shape index (κ1) is 9.93. The van der Waals surface area contributed by atoms with Gasteiger partial charge in [0.25, 0.3) is 0 Å². The lowest BCUT2D eigenvalue weighted by Crippen LogP contribution is -2.31. The Bertz CT molecular complexity index is 214. The molecule has 2 N–H and O–H groups in total. The molecule has 0 bridgehead atoms. The standard InChI is InChI=1S/C10H18N2O2/c1-14-10(13)9-5-7(6-12-9)8-3-2-4-11-8/h7-9,11-12H,2-6H2,1H3. The minimum absolute atomic E-state index is 0.0765. The van der Waals surface area contributed by atoms with Crippen LogP contribution < -0.4 is 10.6 Å². The van der Waals surface area contributed by atoms with Gasteiger partial charge < -0.3 is 15.4 Å². The Kier molecular flexibility index (Phi) is 3.03. The van der Waals surface area contributed by atoms with E-state index in [9.17, 15) is 4.79 Å². The van der Waals surface area contributed by atoms with Crippen LogP contribution in [0.15, 0.2) is 0 Å². The number of nitrogens with one attached hydrogen (secondary N) is 2. The van der Waals surface area contributed by atoms with Crippen LogP contribution in [-0.2, 0) is 9.53 Å². The van der Waals surface area contributed by atoms with Gasteiger partial charge in [-0.3, -0.25) is 4.79 Å². The molecule has 2 fully saturated rings. The van der Waals surface area contributed by atoms with Gasteiger partial charge in [0.15, 0.2) is 0 Å². The summed E-state index contributed by atoms with van der Waals surface area (Å²) >= 11 is 0. The molecule has 0 saturated carbocycles. The predicted molar refractivity (Wildman–Crippen MR) is 52.9 cm³/mol. The second kappa shape index (κ2) is 4.28. The third kappa shape index (κ3) is 1.91. The predicted octanol–water partition coefficient (Wildman–Crippen LogP) is -0.110. The van der Waals surface area contributed by atoms with Crippen molar-refractivity contribution >= 4 is 5.97 Å². The molecular formula is C10H18N2O2. The monoisotopic (exact) mass is 198 g/mol. The van der Waals surface area contributed by atoms with Gasteiger partial charge in [-0.1, -0.05) is 0 Å². The van der Waals surface area contributed by atoms with Crippen molar-refractivity contribution in [2.24, 2.45) is 5.92 Å². The fourth-order valence-corrected chi connectivity index (χ4v) is 2.51. The van der Waals surface area contributed by atoms with Crippen molar-refractivity contribution in [2.45, 2.75) is 31.3 Å². The van der Waals surface area contributed by atoms with Crippen LogP contribution in [0.3, 0.4) is 0 Å². The number of carbonyl (C=O) groups excluding carboxylic acids is 1. The lowest BCUT2D eigenvalue weighted by atomic mass is 9.95. The number of rotatable bonds is 2. The Morgan fingerprint density at radius 3 is 2.93 bits per heavy atom. The van der Waals surface area contributed by atoms with Gasteiger partial charge in [-0.15, -0.1) is 0 Å². The van der Waals surface area contributed by atoms with Crippen molar-refractivity contribution in [3.63, 3.8) is 0 Å². The van der Waals surface area contributed by atoms with Crippen LogP contribution in [0.5, 0.6) is 0 Å². The molecule has 0 aromatic carbocycles. The van der Waals surface area contributed by atoms with E-state index in [1.807, 2.05) is 0 Å². The molecule has 0 aromatic rings. The van der Waals surface area contributed by atoms with E-state index in [0.717, 1.165) is 19.5 Å². The van der Waals surface area contributed by atoms with Gasteiger partial charge in [-0.05, 0) is 31.7 Å². The van der Waals surface area contributed by atoms with E-state index in [4.69, 9.17) is 4.74 Å². The van der Waals surface area contributed by atoms with Crippen molar-refractivity contribution in [2.75, 3.05) is 20.2 Å². The van der Waals surface area contributed by atoms with Gasteiger partial charge >= 0.3 is 5.97 Å². The van der Waals surface area contributed by atoms with Crippen molar-refractivity contribution < 1.29 is 9.53 Å². The lowest BCUT2D eigenvalue weighted by molar-refractivity contribution is -0.142. The van der Waals surface area contributed by atoms with Crippen LogP contribution >= 0.6 is 0 Å². The normalized spacial score (nSPS) is 37.4. The molecule has 4 nitrogen and oxygen atoms in total. The average molecular weight is 198 g/mol. The van der Waals surface area contributed by atoms with Gasteiger partial charge in [-0.25, -0.2) is 0 Å². The quantitative estimate of drug-likeness (QED) is 0.608. The number of carbonyl (C=O) groups is 1. The first-order valence-electron chi connectivity index (χ1n) is 5.36. The van der Waals surface area contributed by atoms with Crippen molar-refractivity contribution in [3.8, 4) is 0 Å². The maximum absolute atomic E-state index is 11.3. The summed E-state index contributed by atoms with van der Waals surface area (Å²) in [5.41, 5.74) is 0. The number of hydrogen-bond acceptors (Lipinski definition) is 4. The number of ether oxygens (including phenoxy) is 1. The molecule has 0 radical (unpaired) electrons. The Hall–Kier alpha value is -0.610. The molecule has 4 heteroatoms. The van der Waals surface area contributed by atoms with E-state index in [1.165, 1.54) is 20.0 Å². The molecule has 2 aliphatic rings. The zero-order valence-corrected chi connectivity index (χ0v) is 8.58. The molecule has 3 unspecified atom stereocenters. The second-order valence-electron chi connectivity index (χ2n) is 4.18. The molecule has 14 heavy (non-hydrogen) atoms. The first-order valence-corrected chi connectivity index (χ1v) is 5.36. The minimum Gasteiger partial charge on any atom is -0.468 e. The summed E-state index contributed by atoms with van der Waals surface area (Å²) in [5.74, 6) is 0.479. The maximum Gasteiger partial charge on any atom is 0.322 e. The van der Waals surface area contributed by atoms with Crippen molar-refractivity contribution in [1.29, 1.82) is 0 Å². The summed E-state index contributed by atoms with van der Waals surface area (Å²) in [4.78, 5) is 11.3. The molecule has 80 valence electrons. The zero-order valence-electron chi connectivity index (χ0n) is 8.58. The zero-order chi connectivity index (χ0) is 9.97. The minimum atomic E-state index is -0.120. The number of methoxy groups -OCH3 is 1. The Morgan fingerprint density at radius 2 is 2.29 bits per heavy atom. The van der Waals surface area contributed by atoms with Gasteiger partial charge in [0.05, 0.1) is 7.11 Å². The highest BCUT2D eigenvalue weighted by Crippen LogP contribution is 2.23. The third-order valence-corrected chi connectivity index (χ3v) is 3.32. The number of esters is 1. The summed E-state index contributed by atoms with van der Waals surface area (Å²) in [7, 11) is 1.45. The van der Waals surface area contributed by atoms with Crippen molar-refractivity contribution in [3.05, 3.63) is 0 Å². The van der Waals surface area contributed by atoms with E-state index in [0.29, 0.717) is 12.0 Å². The van der Waals surface area contributed by atoms with Crippen LogP contribution in [0.2, 0.25) is 0 Å². The fourth-order valence-electron chi connectivity index (χ4n) is 2.51. The largest absolute Gasteiger partial charge is 0.468 e. The van der Waals surface area contributed by atoms with Gasteiger partial charge in [0, 0.05) is 12.6 Å². The van der Waals surface area contributed by atoms with Crippen LogP contribution in [-0.4, -0.2) is 38.3 Å². The fraction of sp³-hybridized carbons (Fsp3) is 0.900. The molecule has 2 rings (SSSR count). The molecule has 2 aliphatic heterocycles. The molecular weight excluding hydrogens is 180 g/mol. The smallest absolute Gasteiger partial charge is 0.322 e. The number of hydrogen-bond donors (Lipinski definition) is 2. The Morgan fingerprint density at radius 1 is 1.43 bits per heavy atom. The summed E-state index contributed by atoms with van der Waals surface area (Å²) in [5, 5.41) is 6.70. The molecule has 0 aliphatic carbocycles. The van der Waals surface area contributed by atoms with Gasteiger partial charge in [0.2, 0.25) is 0 Å². The summed E-state index contributed by atoms with van der Waals surface area (Å²) in [6.07, 6.45) is 3.44. The highest BCUT2D eigenvalue weighted by molar-refractivity contribution is 5.76. The Balaban J connectivity index is 1.84. The molecule has 2 saturated heterocycles. The SMILES string of the molecule is COC(=O)C1CC(C2CCCN2)CN1. The van der Waals surface area contributed by atoms with Gasteiger partial charge in [0.1, 0.15) is 6.04 Å². The maximum atomic E-state index is 11.3. The highest BCUT2D eigenvalue weighted by Gasteiger charge is 2.35. The second-order valence-corrected chi connectivity index (χ2v) is 4.18. The molecule has 0 amide bonds. The van der Waals surface area contributed by atoms with E-state index in [2.05, 4.69) is 10.6 Å². The van der Waals surface area contributed by atoms with E-state index in [-0.39, 0.29) is 12.0 Å². The van der Waals surface area contributed by atoms with E-state index >= 15 is 0 Å². The van der Waals surface area contributed by atoms with Crippen LogP contribution in [0.4, 0.5) is 0 Å². The van der Waals surface area contributed by atoms with Crippen molar-refractivity contribution in [1.82, 2.24) is 10.6 Å². The summed E-state index contributed by atoms with van der Waals surface area (Å²) < 4.78 is 4.72. The van der Waals surface area contributed by atoms with Gasteiger partial charge in [-0.2, -0.15) is 0 Å². The average Bonchev–Trinajstić information content (AvgIpc) is 2.86. The van der Waals surface area contributed by atoms with Crippen LogP contribution in [0, 0.1) is 5.92 Å². The summed E-state index contributed by atoms with van der Waals surface area (Å²) in [6.45, 7) is 2.07. The third-order valence-electron chi connectivity index (χ3n) is 3.32. The molecule has 0 spiro atoms. The first-order chi connectivity index (χ1) is 6.81. The topological polar surface area (TPSA) is 50.4 Å². The van der Waals surface area contributed by atoms with Crippen LogP contribution in [0.1, 0.15) is 19.3 Å². The Labute approximate surface area is 84.4 Å².